The maximum Gasteiger partial charge on any atom is 0.0547 e. The van der Waals surface area contributed by atoms with Gasteiger partial charge in [-0.1, -0.05) is 127 Å². The van der Waals surface area contributed by atoms with Crippen molar-refractivity contribution in [2.45, 2.75) is 6.42 Å². The molecule has 0 N–H and O–H groups in total. The zero-order valence-corrected chi connectivity index (χ0v) is 27.9. The Morgan fingerprint density at radius 1 is 0.314 bits per heavy atom. The van der Waals surface area contributed by atoms with Crippen LogP contribution in [0, 0.1) is 0 Å². The molecule has 1 aliphatic carbocycles. The van der Waals surface area contributed by atoms with Gasteiger partial charge in [0.1, 0.15) is 0 Å². The van der Waals surface area contributed by atoms with Gasteiger partial charge >= 0.3 is 0 Å². The summed E-state index contributed by atoms with van der Waals surface area (Å²) >= 11 is 0. The lowest BCUT2D eigenvalue weighted by Gasteiger charge is -2.13. The predicted molar refractivity (Wildman–Crippen MR) is 214 cm³/mol. The van der Waals surface area contributed by atoms with Crippen molar-refractivity contribution in [2.24, 2.45) is 0 Å². The highest BCUT2D eigenvalue weighted by molar-refractivity contribution is 6.12. The molecule has 2 heteroatoms. The van der Waals surface area contributed by atoms with E-state index in [4.69, 9.17) is 0 Å². The van der Waals surface area contributed by atoms with Gasteiger partial charge in [0.15, 0.2) is 0 Å². The predicted octanol–water partition coefficient (Wildman–Crippen LogP) is 12.8. The van der Waals surface area contributed by atoms with Crippen molar-refractivity contribution in [1.29, 1.82) is 0 Å². The third-order valence-electron chi connectivity index (χ3n) is 10.9. The molecule has 1 aliphatic rings. The summed E-state index contributed by atoms with van der Waals surface area (Å²) in [6.07, 6.45) is 1.01. The van der Waals surface area contributed by atoms with Gasteiger partial charge in [0, 0.05) is 32.9 Å². The minimum Gasteiger partial charge on any atom is -0.309 e. The molecule has 238 valence electrons. The fourth-order valence-electron chi connectivity index (χ4n) is 8.66. The Morgan fingerprint density at radius 2 is 0.863 bits per heavy atom. The summed E-state index contributed by atoms with van der Waals surface area (Å²) in [7, 11) is 0. The Bertz CT molecular complexity index is 2980. The third kappa shape index (κ3) is 4.23. The molecule has 0 unspecified atom stereocenters. The first-order valence-corrected chi connectivity index (χ1v) is 17.7. The zero-order valence-electron chi connectivity index (χ0n) is 27.9. The number of benzene rings is 8. The molecule has 51 heavy (non-hydrogen) atoms. The summed E-state index contributed by atoms with van der Waals surface area (Å²) in [5, 5.41) is 5.06. The molecule has 0 aliphatic heterocycles. The highest BCUT2D eigenvalue weighted by atomic mass is 15.0. The molecule has 0 atom stereocenters. The molecule has 11 rings (SSSR count). The Hall–Kier alpha value is -6.64. The Morgan fingerprint density at radius 3 is 1.69 bits per heavy atom. The van der Waals surface area contributed by atoms with Crippen molar-refractivity contribution in [3.05, 3.63) is 193 Å². The van der Waals surface area contributed by atoms with Gasteiger partial charge in [-0.2, -0.15) is 0 Å². The maximum atomic E-state index is 2.42. The van der Waals surface area contributed by atoms with Gasteiger partial charge in [-0.15, -0.1) is 0 Å². The number of hydrogen-bond donors (Lipinski definition) is 0. The van der Waals surface area contributed by atoms with Crippen molar-refractivity contribution in [1.82, 2.24) is 9.13 Å². The van der Waals surface area contributed by atoms with Crippen LogP contribution in [-0.4, -0.2) is 9.13 Å². The second-order valence-electron chi connectivity index (χ2n) is 13.7. The van der Waals surface area contributed by atoms with Crippen LogP contribution in [0.15, 0.2) is 182 Å². The van der Waals surface area contributed by atoms with E-state index in [9.17, 15) is 0 Å². The molecule has 0 saturated carbocycles. The largest absolute Gasteiger partial charge is 0.309 e. The van der Waals surface area contributed by atoms with Crippen LogP contribution in [0.1, 0.15) is 11.1 Å². The van der Waals surface area contributed by atoms with E-state index in [0.717, 1.165) is 6.42 Å². The molecular formula is C49H32N2. The van der Waals surface area contributed by atoms with E-state index in [-0.39, 0.29) is 0 Å². The lowest BCUT2D eigenvalue weighted by Crippen LogP contribution is -1.94. The van der Waals surface area contributed by atoms with E-state index in [0.29, 0.717) is 0 Å². The Kier molecular flexibility index (Phi) is 6.05. The van der Waals surface area contributed by atoms with Gasteiger partial charge in [0.25, 0.3) is 0 Å². The first-order chi connectivity index (χ1) is 25.3. The summed E-state index contributed by atoms with van der Waals surface area (Å²) in [4.78, 5) is 0. The summed E-state index contributed by atoms with van der Waals surface area (Å²) in [5.74, 6) is 0. The van der Waals surface area contributed by atoms with Gasteiger partial charge in [-0.25, -0.2) is 0 Å². The molecule has 0 radical (unpaired) electrons. The maximum absolute atomic E-state index is 2.42. The molecule has 0 spiro atoms. The van der Waals surface area contributed by atoms with Crippen molar-refractivity contribution in [3.8, 4) is 44.8 Å². The molecule has 0 bridgehead atoms. The Labute approximate surface area is 296 Å². The first kappa shape index (κ1) is 28.2. The van der Waals surface area contributed by atoms with E-state index in [2.05, 4.69) is 191 Å². The Balaban J connectivity index is 1.04. The number of nitrogens with zero attached hydrogens (tertiary/aromatic N) is 2. The van der Waals surface area contributed by atoms with Crippen molar-refractivity contribution < 1.29 is 0 Å². The van der Waals surface area contributed by atoms with Crippen LogP contribution in [0.25, 0.3) is 88.4 Å². The average molecular weight is 649 g/mol. The molecular weight excluding hydrogens is 617 g/mol. The van der Waals surface area contributed by atoms with Gasteiger partial charge in [-0.3, -0.25) is 0 Å². The highest BCUT2D eigenvalue weighted by Gasteiger charge is 2.22. The summed E-state index contributed by atoms with van der Waals surface area (Å²) in [6, 6.07) is 66.9. The molecule has 2 nitrogen and oxygen atoms in total. The molecule has 0 fully saturated rings. The minimum atomic E-state index is 1.01. The monoisotopic (exact) mass is 648 g/mol. The summed E-state index contributed by atoms with van der Waals surface area (Å²) in [5.41, 5.74) is 17.8. The van der Waals surface area contributed by atoms with Crippen molar-refractivity contribution >= 4 is 43.6 Å². The van der Waals surface area contributed by atoms with Crippen LogP contribution < -0.4 is 0 Å². The molecule has 2 heterocycles. The van der Waals surface area contributed by atoms with Gasteiger partial charge in [-0.05, 0) is 106 Å². The topological polar surface area (TPSA) is 9.86 Å². The third-order valence-corrected chi connectivity index (χ3v) is 10.9. The molecule has 10 aromatic rings. The van der Waals surface area contributed by atoms with Gasteiger partial charge < -0.3 is 9.13 Å². The zero-order chi connectivity index (χ0) is 33.5. The second kappa shape index (κ2) is 10.9. The van der Waals surface area contributed by atoms with Gasteiger partial charge in [0.2, 0.25) is 0 Å². The lowest BCUT2D eigenvalue weighted by atomic mass is 9.94. The molecule has 2 aromatic heterocycles. The van der Waals surface area contributed by atoms with Crippen LogP contribution in [0.5, 0.6) is 0 Å². The number of hydrogen-bond acceptors (Lipinski definition) is 0. The SMILES string of the molecule is c1ccc(-n2c3ccccc3c3ccc(-c4ccc5c(c4)c4ccccc4n5-c4ccc(-c5cccc6c5-c5ccccc5C6)cc4)cc32)cc1. The van der Waals surface area contributed by atoms with Crippen LogP contribution in [0.3, 0.4) is 0 Å². The van der Waals surface area contributed by atoms with Crippen molar-refractivity contribution in [2.75, 3.05) is 0 Å². The molecule has 8 aromatic carbocycles. The number of para-hydroxylation sites is 3. The molecule has 0 amide bonds. The lowest BCUT2D eigenvalue weighted by molar-refractivity contribution is 1.18. The number of fused-ring (bicyclic) bond motifs is 9. The first-order valence-electron chi connectivity index (χ1n) is 17.7. The average Bonchev–Trinajstić information content (AvgIpc) is 3.85. The number of aromatic nitrogens is 2. The highest BCUT2D eigenvalue weighted by Crippen LogP contribution is 2.43. The van der Waals surface area contributed by atoms with Crippen LogP contribution in [0.4, 0.5) is 0 Å². The summed E-state index contributed by atoms with van der Waals surface area (Å²) in [6.45, 7) is 0. The fourth-order valence-corrected chi connectivity index (χ4v) is 8.66. The normalized spacial score (nSPS) is 12.2. The fraction of sp³-hybridized carbons (Fsp3) is 0.0204. The van der Waals surface area contributed by atoms with Gasteiger partial charge in [0.05, 0.1) is 22.1 Å². The quantitative estimate of drug-likeness (QED) is 0.180. The van der Waals surface area contributed by atoms with E-state index in [1.54, 1.807) is 0 Å². The number of rotatable bonds is 4. The van der Waals surface area contributed by atoms with Crippen LogP contribution >= 0.6 is 0 Å². The van der Waals surface area contributed by atoms with E-state index in [1.807, 2.05) is 0 Å². The summed E-state index contributed by atoms with van der Waals surface area (Å²) < 4.78 is 4.81. The minimum absolute atomic E-state index is 1.01. The van der Waals surface area contributed by atoms with E-state index < -0.39 is 0 Å². The standard InChI is InChI=1S/C49H32N2/c1-2-13-37(14-3-1)51-45-19-8-6-16-41(45)43-27-23-34(31-48(43)51)33-24-28-47-44(30-33)42-17-7-9-20-46(42)50(47)38-25-21-32(22-26-38)39-18-10-12-36-29-35-11-4-5-15-40(35)49(36)39/h1-28,30-31H,29H2. The smallest absolute Gasteiger partial charge is 0.0547 e. The van der Waals surface area contributed by atoms with E-state index >= 15 is 0 Å². The second-order valence-corrected chi connectivity index (χ2v) is 13.7. The van der Waals surface area contributed by atoms with Crippen LogP contribution in [-0.2, 0) is 6.42 Å². The molecule has 0 saturated heterocycles. The van der Waals surface area contributed by atoms with E-state index in [1.165, 1.54) is 99.5 Å². The van der Waals surface area contributed by atoms with Crippen LogP contribution in [0.2, 0.25) is 0 Å². The van der Waals surface area contributed by atoms with Crippen molar-refractivity contribution in [3.63, 3.8) is 0 Å².